The van der Waals surface area contributed by atoms with Crippen LogP contribution in [0.1, 0.15) is 103 Å². The van der Waals surface area contributed by atoms with E-state index in [0.717, 1.165) is 29.7 Å². The van der Waals surface area contributed by atoms with E-state index in [1.807, 2.05) is 25.1 Å². The fourth-order valence-electron chi connectivity index (χ4n) is 4.61. The van der Waals surface area contributed by atoms with E-state index in [1.54, 1.807) is 4.63 Å². The Hall–Kier alpha value is -2.39. The van der Waals surface area contributed by atoms with Crippen molar-refractivity contribution in [1.82, 2.24) is 25.1 Å². The van der Waals surface area contributed by atoms with Gasteiger partial charge in [0.05, 0.1) is 5.69 Å². The molecule has 0 saturated heterocycles. The number of hydrogen-bond donors (Lipinski definition) is 3. The second kappa shape index (κ2) is 15.6. The number of urea groups is 1. The van der Waals surface area contributed by atoms with E-state index >= 15 is 0 Å². The van der Waals surface area contributed by atoms with Crippen LogP contribution in [0.4, 0.5) is 10.5 Å². The van der Waals surface area contributed by atoms with Gasteiger partial charge in [-0.1, -0.05) is 109 Å². The minimum Gasteiger partial charge on any atom is -0.337 e. The number of H-pyrrole nitrogens is 1. The average Bonchev–Trinajstić information content (AvgIpc) is 3.46. The molecule has 3 rings (SSSR count). The third kappa shape index (κ3) is 9.61. The molecule has 1 aromatic carbocycles. The number of aromatic nitrogens is 4. The van der Waals surface area contributed by atoms with Gasteiger partial charge in [0.1, 0.15) is 5.02 Å². The molecule has 0 aliphatic carbocycles. The predicted octanol–water partition coefficient (Wildman–Crippen LogP) is 7.77. The Morgan fingerprint density at radius 1 is 1.02 bits per heavy atom. The molecule has 8 nitrogen and oxygen atoms in total. The van der Waals surface area contributed by atoms with Crippen molar-refractivity contribution >= 4 is 39.8 Å². The normalized spacial score (nSPS) is 12.7. The van der Waals surface area contributed by atoms with Crippen LogP contribution in [-0.4, -0.2) is 48.1 Å². The molecule has 222 valence electrons. The molecule has 2 heterocycles. The molecule has 0 fully saturated rings. The number of rotatable bonds is 16. The molecule has 40 heavy (non-hydrogen) atoms. The first-order chi connectivity index (χ1) is 19.1. The van der Waals surface area contributed by atoms with Crippen LogP contribution < -0.4 is 10.6 Å². The average molecular weight is 591 g/mol. The topological polar surface area (TPSA) is 104 Å². The summed E-state index contributed by atoms with van der Waals surface area (Å²) in [5, 5.41) is 14.1. The Morgan fingerprint density at radius 2 is 1.68 bits per heavy atom. The number of fused-ring (bicyclic) bond motifs is 1. The number of nitrogens with zero attached hydrogens (tertiary/aromatic N) is 3. The summed E-state index contributed by atoms with van der Waals surface area (Å²) in [4.78, 5) is 17.2. The van der Waals surface area contributed by atoms with Crippen LogP contribution in [-0.2, 0) is 16.2 Å². The maximum Gasteiger partial charge on any atom is 0.319 e. The van der Waals surface area contributed by atoms with Crippen LogP contribution in [0.5, 0.6) is 0 Å². The summed E-state index contributed by atoms with van der Waals surface area (Å²) in [6, 6.07) is 5.37. The maximum atomic E-state index is 12.5. The zero-order valence-corrected chi connectivity index (χ0v) is 26.4. The van der Waals surface area contributed by atoms with Gasteiger partial charge in [0.15, 0.2) is 11.5 Å². The lowest BCUT2D eigenvalue weighted by atomic mass is 9.92. The zero-order valence-electron chi connectivity index (χ0n) is 24.9. The predicted molar refractivity (Wildman–Crippen MR) is 168 cm³/mol. The summed E-state index contributed by atoms with van der Waals surface area (Å²) in [5.74, 6) is 1.68. The largest absolute Gasteiger partial charge is 0.337 e. The van der Waals surface area contributed by atoms with Crippen molar-refractivity contribution < 1.29 is 9.00 Å². The van der Waals surface area contributed by atoms with Crippen molar-refractivity contribution in [2.24, 2.45) is 0 Å². The fraction of sp³-hybridized carbons (Fsp3) is 0.633. The van der Waals surface area contributed by atoms with E-state index in [9.17, 15) is 9.00 Å². The van der Waals surface area contributed by atoms with E-state index in [-0.39, 0.29) is 11.4 Å². The van der Waals surface area contributed by atoms with Gasteiger partial charge < -0.3 is 10.6 Å². The number of halogens is 1. The molecule has 1 unspecified atom stereocenters. The first-order valence-corrected chi connectivity index (χ1v) is 16.6. The van der Waals surface area contributed by atoms with Gasteiger partial charge in [-0.05, 0) is 25.0 Å². The molecule has 1 atom stereocenters. The number of hydrogen-bond acceptors (Lipinski definition) is 4. The summed E-state index contributed by atoms with van der Waals surface area (Å²) >= 11 is 6.57. The number of aryl methyl sites for hydroxylation is 1. The number of anilines is 1. The second-order valence-electron chi connectivity index (χ2n) is 11.7. The molecular formula is C30H47ClN6O2S. The monoisotopic (exact) mass is 590 g/mol. The molecule has 0 radical (unpaired) electrons. The first kappa shape index (κ1) is 32.1. The van der Waals surface area contributed by atoms with E-state index in [4.69, 9.17) is 11.6 Å². The number of aromatic amines is 1. The summed E-state index contributed by atoms with van der Waals surface area (Å²) in [6.45, 7) is 10.8. The minimum atomic E-state index is -0.917. The van der Waals surface area contributed by atoms with Gasteiger partial charge in [-0.15, -0.1) is 5.10 Å². The molecule has 10 heteroatoms. The Kier molecular flexibility index (Phi) is 12.5. The number of carbonyl (C=O) groups is 1. The Labute approximate surface area is 246 Å². The first-order valence-electron chi connectivity index (χ1n) is 14.8. The summed E-state index contributed by atoms with van der Waals surface area (Å²) in [7, 11) is -0.917. The van der Waals surface area contributed by atoms with E-state index in [1.165, 1.54) is 51.4 Å². The SMILES string of the molecule is CCCCCCCCCCCCS(=O)CCNC(=O)Nc1cc(-c2nc3c(Cl)c(C(C)(C)C)[nH]n3n2)ccc1C. The van der Waals surface area contributed by atoms with E-state index < -0.39 is 10.8 Å². The van der Waals surface area contributed by atoms with Crippen molar-refractivity contribution in [3.8, 4) is 11.4 Å². The number of nitrogens with one attached hydrogen (secondary N) is 3. The maximum absolute atomic E-state index is 12.5. The molecule has 2 amide bonds. The van der Waals surface area contributed by atoms with Crippen LogP contribution in [0.15, 0.2) is 18.2 Å². The molecule has 3 aromatic rings. The molecule has 2 aromatic heterocycles. The zero-order chi connectivity index (χ0) is 29.1. The molecule has 0 bridgehead atoms. The molecule has 3 N–H and O–H groups in total. The lowest BCUT2D eigenvalue weighted by molar-refractivity contribution is 0.252. The highest BCUT2D eigenvalue weighted by Crippen LogP contribution is 2.32. The Balaban J connectivity index is 1.40. The molecule has 0 spiro atoms. The summed E-state index contributed by atoms with van der Waals surface area (Å²) in [6.07, 6.45) is 12.6. The van der Waals surface area contributed by atoms with Crippen LogP contribution >= 0.6 is 11.6 Å². The van der Waals surface area contributed by atoms with Gasteiger partial charge in [-0.25, -0.2) is 9.78 Å². The second-order valence-corrected chi connectivity index (χ2v) is 13.7. The van der Waals surface area contributed by atoms with Crippen LogP contribution in [0.2, 0.25) is 5.02 Å². The van der Waals surface area contributed by atoms with Crippen LogP contribution in [0.25, 0.3) is 17.0 Å². The van der Waals surface area contributed by atoms with Gasteiger partial charge in [-0.2, -0.15) is 4.63 Å². The fourth-order valence-corrected chi connectivity index (χ4v) is 6.12. The third-order valence-electron chi connectivity index (χ3n) is 7.08. The van der Waals surface area contributed by atoms with Gasteiger partial charge in [0, 0.05) is 45.5 Å². The summed E-state index contributed by atoms with van der Waals surface area (Å²) in [5.41, 5.74) is 3.64. The van der Waals surface area contributed by atoms with Gasteiger partial charge >= 0.3 is 6.03 Å². The highest BCUT2D eigenvalue weighted by molar-refractivity contribution is 7.84. The minimum absolute atomic E-state index is 0.159. The van der Waals surface area contributed by atoms with Gasteiger partial charge in [0.25, 0.3) is 0 Å². The van der Waals surface area contributed by atoms with Crippen molar-refractivity contribution in [2.45, 2.75) is 104 Å². The lowest BCUT2D eigenvalue weighted by Crippen LogP contribution is -2.32. The quantitative estimate of drug-likeness (QED) is 0.148. The number of carbonyl (C=O) groups excluding carboxylic acids is 1. The van der Waals surface area contributed by atoms with Crippen molar-refractivity contribution in [3.63, 3.8) is 0 Å². The highest BCUT2D eigenvalue weighted by atomic mass is 35.5. The van der Waals surface area contributed by atoms with Crippen LogP contribution in [0.3, 0.4) is 0 Å². The van der Waals surface area contributed by atoms with Gasteiger partial charge in [0.2, 0.25) is 0 Å². The Bertz CT molecular complexity index is 1260. The summed E-state index contributed by atoms with van der Waals surface area (Å²) < 4.78 is 13.9. The third-order valence-corrected chi connectivity index (χ3v) is 8.84. The van der Waals surface area contributed by atoms with Crippen LogP contribution in [0, 0.1) is 6.92 Å². The Morgan fingerprint density at radius 3 is 2.30 bits per heavy atom. The standard InChI is InChI=1S/C30H47ClN6O2S/c1-6-7-8-9-10-11-12-13-14-15-19-40(39)20-18-32-29(38)33-24-21-23(17-16-22(24)2)27-34-28-25(31)26(30(3,4)5)35-37(28)36-27/h16-17,21,35H,6-15,18-20H2,1-5H3,(H2,32,33,38). The smallest absolute Gasteiger partial charge is 0.319 e. The number of amides is 2. The van der Waals surface area contributed by atoms with E-state index in [0.29, 0.717) is 40.2 Å². The van der Waals surface area contributed by atoms with E-state index in [2.05, 4.69) is 53.5 Å². The highest BCUT2D eigenvalue weighted by Gasteiger charge is 2.24. The molecule has 0 saturated carbocycles. The van der Waals surface area contributed by atoms with Gasteiger partial charge in [-0.3, -0.25) is 9.31 Å². The number of benzene rings is 1. The number of unbranched alkanes of at least 4 members (excludes halogenated alkanes) is 9. The van der Waals surface area contributed by atoms with Crippen molar-refractivity contribution in [3.05, 3.63) is 34.5 Å². The van der Waals surface area contributed by atoms with Crippen molar-refractivity contribution in [2.75, 3.05) is 23.4 Å². The molecular weight excluding hydrogens is 544 g/mol. The molecule has 0 aliphatic rings. The van der Waals surface area contributed by atoms with Crippen molar-refractivity contribution in [1.29, 1.82) is 0 Å². The lowest BCUT2D eigenvalue weighted by Gasteiger charge is -2.16. The molecule has 0 aliphatic heterocycles.